The Morgan fingerprint density at radius 2 is 1.67 bits per heavy atom. The first-order valence-corrected chi connectivity index (χ1v) is 7.86. The van der Waals surface area contributed by atoms with Gasteiger partial charge in [-0.25, -0.2) is 0 Å². The first-order chi connectivity index (χ1) is 11.7. The largest absolute Gasteiger partial charge is 0.465 e. The van der Waals surface area contributed by atoms with Crippen molar-refractivity contribution in [2.24, 2.45) is 0 Å². The Morgan fingerprint density at radius 3 is 2.33 bits per heavy atom. The van der Waals surface area contributed by atoms with Gasteiger partial charge in [-0.2, -0.15) is 0 Å². The zero-order valence-corrected chi connectivity index (χ0v) is 13.5. The van der Waals surface area contributed by atoms with Crippen molar-refractivity contribution in [3.05, 3.63) is 102 Å². The van der Waals surface area contributed by atoms with Gasteiger partial charge in [0.1, 0.15) is 5.76 Å². The quantitative estimate of drug-likeness (QED) is 0.704. The summed E-state index contributed by atoms with van der Waals surface area (Å²) < 4.78 is 5.20. The van der Waals surface area contributed by atoms with Crippen molar-refractivity contribution >= 4 is 12.0 Å². The van der Waals surface area contributed by atoms with Crippen LogP contribution in [0.4, 0.5) is 0 Å². The number of hydrogen-bond donors (Lipinski definition) is 1. The van der Waals surface area contributed by atoms with Crippen LogP contribution in [0.1, 0.15) is 28.5 Å². The van der Waals surface area contributed by atoms with Crippen molar-refractivity contribution in [1.82, 2.24) is 5.32 Å². The van der Waals surface area contributed by atoms with Crippen molar-refractivity contribution in [3.8, 4) is 0 Å². The average Bonchev–Trinajstić information content (AvgIpc) is 3.13. The topological polar surface area (TPSA) is 42.2 Å². The third kappa shape index (κ3) is 4.02. The molecular formula is C21H19NO2. The van der Waals surface area contributed by atoms with Gasteiger partial charge in [0, 0.05) is 6.08 Å². The third-order valence-corrected chi connectivity index (χ3v) is 3.77. The molecule has 1 unspecified atom stereocenters. The van der Waals surface area contributed by atoms with Gasteiger partial charge in [-0.15, -0.1) is 0 Å². The molecule has 1 amide bonds. The number of carbonyl (C=O) groups is 1. The minimum absolute atomic E-state index is 0.166. The summed E-state index contributed by atoms with van der Waals surface area (Å²) in [7, 11) is 0. The van der Waals surface area contributed by atoms with Gasteiger partial charge in [-0.05, 0) is 36.3 Å². The molecule has 24 heavy (non-hydrogen) atoms. The fourth-order valence-electron chi connectivity index (χ4n) is 2.50. The number of carbonyl (C=O) groups excluding carboxylic acids is 1. The Bertz CT molecular complexity index is 803. The van der Waals surface area contributed by atoms with Crippen molar-refractivity contribution in [2.45, 2.75) is 13.0 Å². The number of nitrogens with one attached hydrogen (secondary N) is 1. The number of amides is 1. The lowest BCUT2D eigenvalue weighted by Crippen LogP contribution is -2.27. The third-order valence-electron chi connectivity index (χ3n) is 3.77. The van der Waals surface area contributed by atoms with Crippen molar-refractivity contribution in [3.63, 3.8) is 0 Å². The molecule has 0 bridgehead atoms. The molecule has 1 N–H and O–H groups in total. The Kier molecular flexibility index (Phi) is 4.92. The van der Waals surface area contributed by atoms with E-state index in [4.69, 9.17) is 4.42 Å². The fraction of sp³-hybridized carbons (Fsp3) is 0.0952. The summed E-state index contributed by atoms with van der Waals surface area (Å²) in [5, 5.41) is 3.06. The highest BCUT2D eigenvalue weighted by Crippen LogP contribution is 2.22. The van der Waals surface area contributed by atoms with Gasteiger partial charge >= 0.3 is 0 Å². The molecule has 0 aliphatic rings. The summed E-state index contributed by atoms with van der Waals surface area (Å²) in [5.74, 6) is 0.484. The number of benzene rings is 2. The molecule has 0 fully saturated rings. The zero-order valence-electron chi connectivity index (χ0n) is 13.5. The lowest BCUT2D eigenvalue weighted by Gasteiger charge is -2.19. The fourth-order valence-corrected chi connectivity index (χ4v) is 2.50. The molecule has 3 heteroatoms. The molecule has 120 valence electrons. The number of rotatable bonds is 5. The van der Waals surface area contributed by atoms with Crippen molar-refractivity contribution < 1.29 is 9.21 Å². The van der Waals surface area contributed by atoms with Crippen LogP contribution < -0.4 is 5.32 Å². The highest BCUT2D eigenvalue weighted by Gasteiger charge is 2.15. The van der Waals surface area contributed by atoms with E-state index in [1.54, 1.807) is 24.5 Å². The van der Waals surface area contributed by atoms with E-state index in [0.29, 0.717) is 5.76 Å². The van der Waals surface area contributed by atoms with E-state index >= 15 is 0 Å². The van der Waals surface area contributed by atoms with E-state index in [2.05, 4.69) is 17.4 Å². The summed E-state index contributed by atoms with van der Waals surface area (Å²) in [6.45, 7) is 2.05. The smallest absolute Gasteiger partial charge is 0.244 e. The van der Waals surface area contributed by atoms with E-state index < -0.39 is 0 Å². The van der Waals surface area contributed by atoms with E-state index in [1.807, 2.05) is 49.4 Å². The Morgan fingerprint density at radius 1 is 0.958 bits per heavy atom. The van der Waals surface area contributed by atoms with Gasteiger partial charge < -0.3 is 9.73 Å². The molecule has 0 aliphatic heterocycles. The number of hydrogen-bond acceptors (Lipinski definition) is 2. The number of furan rings is 1. The highest BCUT2D eigenvalue weighted by molar-refractivity contribution is 5.91. The summed E-state index contributed by atoms with van der Waals surface area (Å²) in [4.78, 5) is 12.3. The van der Waals surface area contributed by atoms with Crippen LogP contribution in [0.3, 0.4) is 0 Å². The zero-order chi connectivity index (χ0) is 16.8. The molecule has 2 aromatic carbocycles. The van der Waals surface area contributed by atoms with Gasteiger partial charge in [0.15, 0.2) is 0 Å². The normalized spacial score (nSPS) is 12.2. The standard InChI is InChI=1S/C21H19NO2/c1-16-9-11-18(12-10-16)21(17-6-3-2-4-7-17)22-20(23)14-13-19-8-5-15-24-19/h2-15,21H,1H3,(H,22,23). The maximum atomic E-state index is 12.3. The number of aryl methyl sites for hydroxylation is 1. The monoisotopic (exact) mass is 317 g/mol. The SMILES string of the molecule is Cc1ccc(C(NC(=O)C=Cc2ccco2)c2ccccc2)cc1. The lowest BCUT2D eigenvalue weighted by atomic mass is 9.98. The average molecular weight is 317 g/mol. The molecule has 0 radical (unpaired) electrons. The second-order valence-corrected chi connectivity index (χ2v) is 5.61. The van der Waals surface area contributed by atoms with E-state index in [1.165, 1.54) is 11.6 Å². The molecule has 1 heterocycles. The molecule has 0 saturated carbocycles. The van der Waals surface area contributed by atoms with E-state index in [0.717, 1.165) is 11.1 Å². The van der Waals surface area contributed by atoms with Crippen LogP contribution >= 0.6 is 0 Å². The highest BCUT2D eigenvalue weighted by atomic mass is 16.3. The molecular weight excluding hydrogens is 298 g/mol. The molecule has 0 spiro atoms. The van der Waals surface area contributed by atoms with E-state index in [9.17, 15) is 4.79 Å². The van der Waals surface area contributed by atoms with Gasteiger partial charge in [0.2, 0.25) is 5.91 Å². The molecule has 1 aromatic heterocycles. The summed E-state index contributed by atoms with van der Waals surface area (Å²) in [6.07, 6.45) is 4.73. The summed E-state index contributed by atoms with van der Waals surface area (Å²) in [5.41, 5.74) is 3.28. The first kappa shape index (κ1) is 15.8. The van der Waals surface area contributed by atoms with Crippen LogP contribution in [-0.2, 0) is 4.79 Å². The predicted octanol–water partition coefficient (Wildman–Crippen LogP) is 4.51. The Balaban J connectivity index is 1.82. The van der Waals surface area contributed by atoms with Crippen LogP contribution in [0, 0.1) is 6.92 Å². The van der Waals surface area contributed by atoms with E-state index in [-0.39, 0.29) is 11.9 Å². The minimum Gasteiger partial charge on any atom is -0.465 e. The molecule has 3 aromatic rings. The van der Waals surface area contributed by atoms with Crippen LogP contribution in [0.2, 0.25) is 0 Å². The molecule has 3 nitrogen and oxygen atoms in total. The molecule has 1 atom stereocenters. The summed E-state index contributed by atoms with van der Waals surface area (Å²) >= 11 is 0. The maximum Gasteiger partial charge on any atom is 0.244 e. The summed E-state index contributed by atoms with van der Waals surface area (Å²) in [6, 6.07) is 21.5. The molecule has 0 saturated heterocycles. The molecule has 0 aliphatic carbocycles. The molecule has 3 rings (SSSR count). The first-order valence-electron chi connectivity index (χ1n) is 7.86. The van der Waals surface area contributed by atoms with Gasteiger partial charge in [-0.3, -0.25) is 4.79 Å². The van der Waals surface area contributed by atoms with Crippen LogP contribution in [0.25, 0.3) is 6.08 Å². The van der Waals surface area contributed by atoms with Crippen LogP contribution in [0.15, 0.2) is 83.5 Å². The Labute approximate surface area is 141 Å². The van der Waals surface area contributed by atoms with Crippen LogP contribution in [-0.4, -0.2) is 5.91 Å². The maximum absolute atomic E-state index is 12.3. The van der Waals surface area contributed by atoms with Crippen molar-refractivity contribution in [2.75, 3.05) is 0 Å². The second-order valence-electron chi connectivity index (χ2n) is 5.61. The minimum atomic E-state index is -0.194. The lowest BCUT2D eigenvalue weighted by molar-refractivity contribution is -0.116. The van der Waals surface area contributed by atoms with Gasteiger partial charge in [0.05, 0.1) is 12.3 Å². The predicted molar refractivity (Wildman–Crippen MR) is 95.3 cm³/mol. The van der Waals surface area contributed by atoms with Gasteiger partial charge in [-0.1, -0.05) is 60.2 Å². The second kappa shape index (κ2) is 7.47. The van der Waals surface area contributed by atoms with Crippen molar-refractivity contribution in [1.29, 1.82) is 0 Å². The Hall–Kier alpha value is -3.07. The van der Waals surface area contributed by atoms with Gasteiger partial charge in [0.25, 0.3) is 0 Å². The van der Waals surface area contributed by atoms with Crippen LogP contribution in [0.5, 0.6) is 0 Å².